The second kappa shape index (κ2) is 7.07. The van der Waals surface area contributed by atoms with Crippen LogP contribution in [0.1, 0.15) is 5.56 Å². The molecule has 0 spiro atoms. The van der Waals surface area contributed by atoms with Crippen LogP contribution in [-0.2, 0) is 16.1 Å². The molecule has 1 aromatic carbocycles. The van der Waals surface area contributed by atoms with E-state index in [1.165, 1.54) is 0 Å². The summed E-state index contributed by atoms with van der Waals surface area (Å²) in [5.74, 6) is 0.0240. The highest BCUT2D eigenvalue weighted by Crippen LogP contribution is 2.09. The van der Waals surface area contributed by atoms with Crippen molar-refractivity contribution in [1.82, 2.24) is 10.2 Å². The first-order chi connectivity index (χ1) is 9.31. The molecule has 2 rings (SSSR count). The number of carbonyl (C=O) groups is 1. The largest absolute Gasteiger partial charge is 0.366 e. The van der Waals surface area contributed by atoms with E-state index in [1.807, 2.05) is 30.3 Å². The second-order valence-corrected chi connectivity index (χ2v) is 4.56. The third kappa shape index (κ3) is 3.91. The normalized spacial score (nSPS) is 18.8. The van der Waals surface area contributed by atoms with Gasteiger partial charge in [0.2, 0.25) is 0 Å². The Morgan fingerprint density at radius 2 is 2.26 bits per heavy atom. The van der Waals surface area contributed by atoms with Crippen LogP contribution in [0.15, 0.2) is 43.0 Å². The standard InChI is InChI=1S/C15H20N2O2/c1-2-9-17(12-13-6-4-3-5-7-13)15(18)14-11-16-8-10-19-14/h2-7,14,16H,1,8-12H2. The lowest BCUT2D eigenvalue weighted by Crippen LogP contribution is -2.49. The Morgan fingerprint density at radius 1 is 1.47 bits per heavy atom. The fourth-order valence-electron chi connectivity index (χ4n) is 2.12. The SMILES string of the molecule is C=CCN(Cc1ccccc1)C(=O)C1CNCCO1. The Morgan fingerprint density at radius 3 is 2.89 bits per heavy atom. The molecule has 0 bridgehead atoms. The molecule has 1 aliphatic rings. The van der Waals surface area contributed by atoms with Crippen LogP contribution in [0, 0.1) is 0 Å². The van der Waals surface area contributed by atoms with E-state index < -0.39 is 0 Å². The van der Waals surface area contributed by atoms with Crippen molar-refractivity contribution >= 4 is 5.91 Å². The highest BCUT2D eigenvalue weighted by Gasteiger charge is 2.26. The molecule has 1 aliphatic heterocycles. The van der Waals surface area contributed by atoms with Crippen LogP contribution in [0.25, 0.3) is 0 Å². The summed E-state index contributed by atoms with van der Waals surface area (Å²) in [6.45, 7) is 6.82. The lowest BCUT2D eigenvalue weighted by molar-refractivity contribution is -0.145. The van der Waals surface area contributed by atoms with E-state index >= 15 is 0 Å². The van der Waals surface area contributed by atoms with Crippen molar-refractivity contribution in [2.45, 2.75) is 12.6 Å². The predicted molar refractivity (Wildman–Crippen MR) is 74.7 cm³/mol. The second-order valence-electron chi connectivity index (χ2n) is 4.56. The first kappa shape index (κ1) is 13.8. The first-order valence-corrected chi connectivity index (χ1v) is 6.57. The number of nitrogens with zero attached hydrogens (tertiary/aromatic N) is 1. The van der Waals surface area contributed by atoms with Gasteiger partial charge in [-0.25, -0.2) is 0 Å². The molecule has 1 fully saturated rings. The average molecular weight is 260 g/mol. The molecule has 0 radical (unpaired) electrons. The molecular weight excluding hydrogens is 240 g/mol. The molecule has 1 atom stereocenters. The van der Waals surface area contributed by atoms with Gasteiger partial charge in [0.1, 0.15) is 6.10 Å². The molecular formula is C15H20N2O2. The molecule has 102 valence electrons. The number of rotatable bonds is 5. The van der Waals surface area contributed by atoms with E-state index in [0.29, 0.717) is 26.2 Å². The van der Waals surface area contributed by atoms with Gasteiger partial charge in [-0.2, -0.15) is 0 Å². The Labute approximate surface area is 114 Å². The van der Waals surface area contributed by atoms with Gasteiger partial charge in [-0.1, -0.05) is 36.4 Å². The van der Waals surface area contributed by atoms with Gasteiger partial charge in [0.25, 0.3) is 5.91 Å². The molecule has 0 saturated carbocycles. The Balaban J connectivity index is 2.02. The number of ether oxygens (including phenoxy) is 1. The smallest absolute Gasteiger partial charge is 0.253 e. The van der Waals surface area contributed by atoms with Crippen molar-refractivity contribution in [3.05, 3.63) is 48.6 Å². The van der Waals surface area contributed by atoms with Gasteiger partial charge in [0.05, 0.1) is 6.61 Å². The molecule has 1 N–H and O–H groups in total. The van der Waals surface area contributed by atoms with Crippen LogP contribution in [0.5, 0.6) is 0 Å². The van der Waals surface area contributed by atoms with Gasteiger partial charge >= 0.3 is 0 Å². The molecule has 19 heavy (non-hydrogen) atoms. The number of benzene rings is 1. The van der Waals surface area contributed by atoms with E-state index in [0.717, 1.165) is 12.1 Å². The van der Waals surface area contributed by atoms with Gasteiger partial charge < -0.3 is 15.0 Å². The zero-order valence-electron chi connectivity index (χ0n) is 11.0. The van der Waals surface area contributed by atoms with Crippen LogP contribution >= 0.6 is 0 Å². The van der Waals surface area contributed by atoms with Crippen LogP contribution in [0.3, 0.4) is 0 Å². The van der Waals surface area contributed by atoms with Crippen LogP contribution in [0.4, 0.5) is 0 Å². The molecule has 1 aromatic rings. The summed E-state index contributed by atoms with van der Waals surface area (Å²) in [5.41, 5.74) is 1.11. The molecule has 4 nitrogen and oxygen atoms in total. The number of hydrogen-bond acceptors (Lipinski definition) is 3. The van der Waals surface area contributed by atoms with Crippen LogP contribution < -0.4 is 5.32 Å². The zero-order valence-corrected chi connectivity index (χ0v) is 11.0. The summed E-state index contributed by atoms with van der Waals surface area (Å²) in [4.78, 5) is 14.2. The lowest BCUT2D eigenvalue weighted by Gasteiger charge is -2.29. The first-order valence-electron chi connectivity index (χ1n) is 6.57. The topological polar surface area (TPSA) is 41.6 Å². The summed E-state index contributed by atoms with van der Waals surface area (Å²) < 4.78 is 5.52. The monoisotopic (exact) mass is 260 g/mol. The molecule has 0 aromatic heterocycles. The number of carbonyl (C=O) groups excluding carboxylic acids is 1. The van der Waals surface area contributed by atoms with Crippen molar-refractivity contribution in [2.75, 3.05) is 26.2 Å². The minimum Gasteiger partial charge on any atom is -0.366 e. The number of amides is 1. The summed E-state index contributed by atoms with van der Waals surface area (Å²) in [5, 5.41) is 3.18. The Kier molecular flexibility index (Phi) is 5.12. The molecule has 1 unspecified atom stereocenters. The number of morpholine rings is 1. The van der Waals surface area contributed by atoms with Gasteiger partial charge in [-0.15, -0.1) is 6.58 Å². The van der Waals surface area contributed by atoms with E-state index in [9.17, 15) is 4.79 Å². The highest BCUT2D eigenvalue weighted by molar-refractivity contribution is 5.81. The van der Waals surface area contributed by atoms with Crippen LogP contribution in [0.2, 0.25) is 0 Å². The fraction of sp³-hybridized carbons (Fsp3) is 0.400. The van der Waals surface area contributed by atoms with Gasteiger partial charge in [0, 0.05) is 26.2 Å². The van der Waals surface area contributed by atoms with Crippen molar-refractivity contribution in [2.24, 2.45) is 0 Å². The summed E-state index contributed by atoms with van der Waals surface area (Å²) in [7, 11) is 0. The molecule has 1 saturated heterocycles. The number of nitrogens with one attached hydrogen (secondary N) is 1. The lowest BCUT2D eigenvalue weighted by atomic mass is 10.2. The third-order valence-corrected chi connectivity index (χ3v) is 3.08. The summed E-state index contributed by atoms with van der Waals surface area (Å²) >= 11 is 0. The van der Waals surface area contributed by atoms with Crippen molar-refractivity contribution in [1.29, 1.82) is 0 Å². The van der Waals surface area contributed by atoms with Crippen LogP contribution in [-0.4, -0.2) is 43.2 Å². The maximum atomic E-state index is 12.4. The van der Waals surface area contributed by atoms with Crippen molar-refractivity contribution in [3.8, 4) is 0 Å². The molecule has 0 aliphatic carbocycles. The molecule has 4 heteroatoms. The predicted octanol–water partition coefficient (Wildman–Crippen LogP) is 1.19. The van der Waals surface area contributed by atoms with Gasteiger partial charge in [0.15, 0.2) is 0 Å². The zero-order chi connectivity index (χ0) is 13.5. The maximum absolute atomic E-state index is 12.4. The highest BCUT2D eigenvalue weighted by atomic mass is 16.5. The quantitative estimate of drug-likeness (QED) is 0.809. The average Bonchev–Trinajstić information content (AvgIpc) is 2.48. The minimum atomic E-state index is -0.377. The summed E-state index contributed by atoms with van der Waals surface area (Å²) in [6.07, 6.45) is 1.37. The van der Waals surface area contributed by atoms with Crippen molar-refractivity contribution in [3.63, 3.8) is 0 Å². The van der Waals surface area contributed by atoms with Gasteiger partial charge in [-0.3, -0.25) is 4.79 Å². The molecule has 1 heterocycles. The summed E-state index contributed by atoms with van der Waals surface area (Å²) in [6, 6.07) is 9.96. The van der Waals surface area contributed by atoms with E-state index in [-0.39, 0.29) is 12.0 Å². The maximum Gasteiger partial charge on any atom is 0.253 e. The third-order valence-electron chi connectivity index (χ3n) is 3.08. The van der Waals surface area contributed by atoms with E-state index in [2.05, 4.69) is 11.9 Å². The fourth-order valence-corrected chi connectivity index (χ4v) is 2.12. The van der Waals surface area contributed by atoms with Crippen molar-refractivity contribution < 1.29 is 9.53 Å². The van der Waals surface area contributed by atoms with E-state index in [1.54, 1.807) is 11.0 Å². The molecule has 1 amide bonds. The Hall–Kier alpha value is -1.65. The van der Waals surface area contributed by atoms with Gasteiger partial charge in [-0.05, 0) is 5.56 Å². The number of hydrogen-bond donors (Lipinski definition) is 1. The van der Waals surface area contributed by atoms with E-state index in [4.69, 9.17) is 4.74 Å². The minimum absolute atomic E-state index is 0.0240. The Bertz CT molecular complexity index is 413.